The third-order valence-corrected chi connectivity index (χ3v) is 4.20. The number of nitrogen functional groups attached to an aromatic ring is 1. The van der Waals surface area contributed by atoms with Gasteiger partial charge in [-0.2, -0.15) is 0 Å². The van der Waals surface area contributed by atoms with Crippen LogP contribution in [0.5, 0.6) is 0 Å². The number of carbonyl (C=O) groups is 2. The first kappa shape index (κ1) is 14.9. The number of nitrogens with zero attached hydrogens (tertiary/aromatic N) is 1. The molecule has 0 bridgehead atoms. The van der Waals surface area contributed by atoms with Crippen LogP contribution in [-0.4, -0.2) is 16.7 Å². The van der Waals surface area contributed by atoms with Crippen molar-refractivity contribution >= 4 is 28.2 Å². The van der Waals surface area contributed by atoms with E-state index in [0.717, 1.165) is 11.3 Å². The molecule has 1 heterocycles. The topological polar surface area (TPSA) is 99.1 Å². The number of thiazole rings is 1. The van der Waals surface area contributed by atoms with Crippen LogP contribution in [0, 0.1) is 0 Å². The Balaban J connectivity index is 2.04. The fourth-order valence-electron chi connectivity index (χ4n) is 2.26. The van der Waals surface area contributed by atoms with Crippen LogP contribution in [0.15, 0.2) is 54.6 Å². The Hall–Kier alpha value is -2.99. The third-order valence-electron chi connectivity index (χ3n) is 3.30. The van der Waals surface area contributed by atoms with Crippen molar-refractivity contribution in [2.45, 2.75) is 0 Å². The molecule has 0 aliphatic rings. The molecule has 0 fully saturated rings. The summed E-state index contributed by atoms with van der Waals surface area (Å²) in [7, 11) is 0. The second-order valence-electron chi connectivity index (χ2n) is 4.87. The number of ketones is 1. The first-order valence-electron chi connectivity index (χ1n) is 6.82. The number of amides is 1. The fourth-order valence-corrected chi connectivity index (χ4v) is 2.97. The molecule has 0 radical (unpaired) electrons. The third kappa shape index (κ3) is 2.97. The number of benzene rings is 2. The summed E-state index contributed by atoms with van der Waals surface area (Å²) in [5.41, 5.74) is 13.2. The molecule has 0 aliphatic heterocycles. The van der Waals surface area contributed by atoms with Gasteiger partial charge in [-0.15, -0.1) is 0 Å². The molecule has 0 saturated carbocycles. The van der Waals surface area contributed by atoms with E-state index in [2.05, 4.69) is 4.98 Å². The number of hydrogen-bond acceptors (Lipinski definition) is 5. The molecule has 6 heteroatoms. The average molecular weight is 323 g/mol. The van der Waals surface area contributed by atoms with Crippen molar-refractivity contribution in [3.8, 4) is 11.3 Å². The molecule has 1 amide bonds. The van der Waals surface area contributed by atoms with Gasteiger partial charge in [-0.3, -0.25) is 9.59 Å². The van der Waals surface area contributed by atoms with Crippen molar-refractivity contribution in [2.24, 2.45) is 5.73 Å². The number of nitrogens with two attached hydrogens (primary N) is 2. The molecule has 23 heavy (non-hydrogen) atoms. The molecule has 3 rings (SSSR count). The second kappa shape index (κ2) is 6.02. The summed E-state index contributed by atoms with van der Waals surface area (Å²) >= 11 is 1.04. The molecule has 0 saturated heterocycles. The largest absolute Gasteiger partial charge is 0.375 e. The lowest BCUT2D eigenvalue weighted by Gasteiger charge is -2.04. The molecule has 0 spiro atoms. The van der Waals surface area contributed by atoms with Gasteiger partial charge in [0.1, 0.15) is 4.88 Å². The van der Waals surface area contributed by atoms with Gasteiger partial charge in [0, 0.05) is 16.7 Å². The quantitative estimate of drug-likeness (QED) is 0.721. The maximum atomic E-state index is 12.5. The molecule has 114 valence electrons. The van der Waals surface area contributed by atoms with Crippen LogP contribution in [0.25, 0.3) is 11.3 Å². The van der Waals surface area contributed by atoms with Crippen LogP contribution in [0.3, 0.4) is 0 Å². The Bertz CT molecular complexity index is 888. The molecule has 0 atom stereocenters. The van der Waals surface area contributed by atoms with Gasteiger partial charge < -0.3 is 11.5 Å². The molecular weight excluding hydrogens is 310 g/mol. The normalized spacial score (nSPS) is 10.4. The minimum atomic E-state index is -0.589. The number of aromatic nitrogens is 1. The molecule has 1 aromatic heterocycles. The summed E-state index contributed by atoms with van der Waals surface area (Å²) in [4.78, 5) is 28.5. The zero-order valence-corrected chi connectivity index (χ0v) is 12.8. The monoisotopic (exact) mass is 323 g/mol. The average Bonchev–Trinajstić information content (AvgIpc) is 2.97. The SMILES string of the molecule is NC(=O)c1sc(N)nc1-c1cccc(C(=O)c2ccccc2)c1. The predicted molar refractivity (Wildman–Crippen MR) is 90.4 cm³/mol. The zero-order valence-electron chi connectivity index (χ0n) is 12.0. The highest BCUT2D eigenvalue weighted by Gasteiger charge is 2.17. The van der Waals surface area contributed by atoms with Crippen molar-refractivity contribution in [3.63, 3.8) is 0 Å². The molecule has 0 unspecified atom stereocenters. The molecular formula is C17H13N3O2S. The van der Waals surface area contributed by atoms with Crippen molar-refractivity contribution in [1.82, 2.24) is 4.98 Å². The summed E-state index contributed by atoms with van der Waals surface area (Å²) in [6, 6.07) is 15.9. The highest BCUT2D eigenvalue weighted by molar-refractivity contribution is 7.17. The van der Waals surface area contributed by atoms with Crippen LogP contribution in [0.4, 0.5) is 5.13 Å². The van der Waals surface area contributed by atoms with Gasteiger partial charge >= 0.3 is 0 Å². The summed E-state index contributed by atoms with van der Waals surface area (Å²) < 4.78 is 0. The van der Waals surface area contributed by atoms with E-state index >= 15 is 0 Å². The Kier molecular flexibility index (Phi) is 3.91. The van der Waals surface area contributed by atoms with E-state index in [1.807, 2.05) is 18.2 Å². The predicted octanol–water partition coefficient (Wildman–Crippen LogP) is 2.72. The summed E-state index contributed by atoms with van der Waals surface area (Å²) in [5, 5.41) is 0.258. The summed E-state index contributed by atoms with van der Waals surface area (Å²) in [6.45, 7) is 0. The van der Waals surface area contributed by atoms with E-state index in [4.69, 9.17) is 11.5 Å². The fraction of sp³-hybridized carbons (Fsp3) is 0. The van der Waals surface area contributed by atoms with E-state index in [9.17, 15) is 9.59 Å². The zero-order chi connectivity index (χ0) is 16.4. The van der Waals surface area contributed by atoms with Crippen LogP contribution >= 0.6 is 11.3 Å². The number of carbonyl (C=O) groups excluding carboxylic acids is 2. The minimum absolute atomic E-state index is 0.101. The minimum Gasteiger partial charge on any atom is -0.375 e. The number of anilines is 1. The van der Waals surface area contributed by atoms with Crippen LogP contribution in [0.1, 0.15) is 25.6 Å². The molecule has 0 aliphatic carbocycles. The van der Waals surface area contributed by atoms with E-state index in [-0.39, 0.29) is 15.8 Å². The Labute approximate surface area is 136 Å². The maximum absolute atomic E-state index is 12.5. The molecule has 2 aromatic carbocycles. The maximum Gasteiger partial charge on any atom is 0.261 e. The van der Waals surface area contributed by atoms with Crippen LogP contribution < -0.4 is 11.5 Å². The van der Waals surface area contributed by atoms with Gasteiger partial charge in [0.05, 0.1) is 5.69 Å². The van der Waals surface area contributed by atoms with Gasteiger partial charge in [-0.1, -0.05) is 59.9 Å². The van der Waals surface area contributed by atoms with Gasteiger partial charge in [0.15, 0.2) is 10.9 Å². The first-order valence-corrected chi connectivity index (χ1v) is 7.64. The highest BCUT2D eigenvalue weighted by Crippen LogP contribution is 2.30. The second-order valence-corrected chi connectivity index (χ2v) is 5.90. The van der Waals surface area contributed by atoms with Crippen molar-refractivity contribution in [1.29, 1.82) is 0 Å². The van der Waals surface area contributed by atoms with Gasteiger partial charge in [0.2, 0.25) is 0 Å². The van der Waals surface area contributed by atoms with E-state index < -0.39 is 5.91 Å². The summed E-state index contributed by atoms with van der Waals surface area (Å²) in [5.74, 6) is -0.690. The Morgan fingerprint density at radius 1 is 0.957 bits per heavy atom. The van der Waals surface area contributed by atoms with E-state index in [1.165, 1.54) is 0 Å². The van der Waals surface area contributed by atoms with Crippen molar-refractivity contribution < 1.29 is 9.59 Å². The number of hydrogen-bond donors (Lipinski definition) is 2. The van der Waals surface area contributed by atoms with Gasteiger partial charge in [0.25, 0.3) is 5.91 Å². The van der Waals surface area contributed by atoms with E-state index in [1.54, 1.807) is 36.4 Å². The lowest BCUT2D eigenvalue weighted by molar-refractivity contribution is 0.100. The van der Waals surface area contributed by atoms with E-state index in [0.29, 0.717) is 22.4 Å². The first-order chi connectivity index (χ1) is 11.1. The van der Waals surface area contributed by atoms with Gasteiger partial charge in [-0.05, 0) is 6.07 Å². The highest BCUT2D eigenvalue weighted by atomic mass is 32.1. The summed E-state index contributed by atoms with van der Waals surface area (Å²) in [6.07, 6.45) is 0. The molecule has 3 aromatic rings. The molecule has 4 N–H and O–H groups in total. The van der Waals surface area contributed by atoms with Crippen LogP contribution in [0.2, 0.25) is 0 Å². The lowest BCUT2D eigenvalue weighted by Crippen LogP contribution is -2.10. The smallest absolute Gasteiger partial charge is 0.261 e. The number of rotatable bonds is 4. The van der Waals surface area contributed by atoms with Crippen molar-refractivity contribution in [3.05, 3.63) is 70.6 Å². The Morgan fingerprint density at radius 2 is 1.65 bits per heavy atom. The number of primary amides is 1. The van der Waals surface area contributed by atoms with Crippen LogP contribution in [-0.2, 0) is 0 Å². The lowest BCUT2D eigenvalue weighted by atomic mass is 10.00. The Morgan fingerprint density at radius 3 is 2.35 bits per heavy atom. The van der Waals surface area contributed by atoms with Gasteiger partial charge in [-0.25, -0.2) is 4.98 Å². The molecule has 5 nitrogen and oxygen atoms in total. The standard InChI is InChI=1S/C17H13N3O2S/c18-16(22)15-13(20-17(19)23-15)11-7-4-8-12(9-11)14(21)10-5-2-1-3-6-10/h1-9H,(H2,18,22)(H2,19,20). The van der Waals surface area contributed by atoms with Crippen molar-refractivity contribution in [2.75, 3.05) is 5.73 Å².